The van der Waals surface area contributed by atoms with Crippen molar-refractivity contribution in [3.63, 3.8) is 0 Å². The SMILES string of the molecule is O=C1CSc2ccc(F)cc2C1. The summed E-state index contributed by atoms with van der Waals surface area (Å²) in [6.07, 6.45) is 0.389. The van der Waals surface area contributed by atoms with Crippen molar-refractivity contribution in [2.24, 2.45) is 0 Å². The predicted molar refractivity (Wildman–Crippen MR) is 45.8 cm³/mol. The third-order valence-electron chi connectivity index (χ3n) is 1.80. The standard InChI is InChI=1S/C9H7FOS/c10-7-1-2-9-6(3-7)4-8(11)5-12-9/h1-3H,4-5H2. The summed E-state index contributed by atoms with van der Waals surface area (Å²) in [5.74, 6) is 0.445. The molecule has 0 spiro atoms. The summed E-state index contributed by atoms with van der Waals surface area (Å²) in [5.41, 5.74) is 0.830. The molecule has 0 N–H and O–H groups in total. The van der Waals surface area contributed by atoms with Crippen LogP contribution >= 0.6 is 11.8 Å². The second-order valence-corrected chi connectivity index (χ2v) is 3.77. The maximum atomic E-state index is 12.7. The fourth-order valence-corrected chi connectivity index (χ4v) is 2.15. The highest BCUT2D eigenvalue weighted by molar-refractivity contribution is 8.00. The summed E-state index contributed by atoms with van der Waals surface area (Å²) in [5, 5.41) is 0. The molecule has 1 nitrogen and oxygen atoms in total. The van der Waals surface area contributed by atoms with Crippen molar-refractivity contribution in [3.05, 3.63) is 29.6 Å². The van der Waals surface area contributed by atoms with Gasteiger partial charge >= 0.3 is 0 Å². The number of halogens is 1. The van der Waals surface area contributed by atoms with Crippen LogP contribution in [0.5, 0.6) is 0 Å². The zero-order valence-electron chi connectivity index (χ0n) is 6.34. The first-order valence-electron chi connectivity index (χ1n) is 3.68. The average Bonchev–Trinajstić information content (AvgIpc) is 2.03. The van der Waals surface area contributed by atoms with Gasteiger partial charge in [0.1, 0.15) is 11.6 Å². The molecule has 1 aliphatic heterocycles. The van der Waals surface area contributed by atoms with Gasteiger partial charge in [-0.25, -0.2) is 4.39 Å². The van der Waals surface area contributed by atoms with Crippen molar-refractivity contribution in [2.75, 3.05) is 5.75 Å². The topological polar surface area (TPSA) is 17.1 Å². The van der Waals surface area contributed by atoms with Gasteiger partial charge in [0.15, 0.2) is 0 Å². The van der Waals surface area contributed by atoms with Gasteiger partial charge in [0.05, 0.1) is 5.75 Å². The molecule has 0 bridgehead atoms. The third-order valence-corrected chi connectivity index (χ3v) is 2.97. The number of hydrogen-bond acceptors (Lipinski definition) is 2. The Bertz CT molecular complexity index is 335. The molecule has 0 unspecified atom stereocenters. The van der Waals surface area contributed by atoms with Gasteiger partial charge in [-0.2, -0.15) is 0 Å². The van der Waals surface area contributed by atoms with Gasteiger partial charge in [-0.3, -0.25) is 4.79 Å². The molecule has 1 aliphatic rings. The van der Waals surface area contributed by atoms with E-state index in [1.807, 2.05) is 0 Å². The van der Waals surface area contributed by atoms with E-state index in [0.717, 1.165) is 10.5 Å². The Morgan fingerprint density at radius 2 is 2.25 bits per heavy atom. The van der Waals surface area contributed by atoms with Gasteiger partial charge in [0.2, 0.25) is 0 Å². The molecule has 0 saturated heterocycles. The highest BCUT2D eigenvalue weighted by Gasteiger charge is 2.15. The number of Topliss-reactive ketones (excluding diaryl/α,β-unsaturated/α-hetero) is 1. The van der Waals surface area contributed by atoms with Crippen molar-refractivity contribution < 1.29 is 9.18 Å². The van der Waals surface area contributed by atoms with E-state index in [4.69, 9.17) is 0 Å². The highest BCUT2D eigenvalue weighted by atomic mass is 32.2. The van der Waals surface area contributed by atoms with Crippen molar-refractivity contribution in [1.82, 2.24) is 0 Å². The van der Waals surface area contributed by atoms with E-state index in [1.54, 1.807) is 6.07 Å². The van der Waals surface area contributed by atoms with Crippen LogP contribution in [0.25, 0.3) is 0 Å². The Hall–Kier alpha value is -0.830. The summed E-state index contributed by atoms with van der Waals surface area (Å²) in [4.78, 5) is 12.0. The Morgan fingerprint density at radius 3 is 3.08 bits per heavy atom. The van der Waals surface area contributed by atoms with Crippen LogP contribution in [0.2, 0.25) is 0 Å². The highest BCUT2D eigenvalue weighted by Crippen LogP contribution is 2.28. The number of rotatable bonds is 0. The van der Waals surface area contributed by atoms with E-state index in [9.17, 15) is 9.18 Å². The van der Waals surface area contributed by atoms with Gasteiger partial charge in [-0.1, -0.05) is 0 Å². The van der Waals surface area contributed by atoms with E-state index in [-0.39, 0.29) is 11.6 Å². The molecule has 0 saturated carbocycles. The molecule has 62 valence electrons. The molecule has 1 aromatic rings. The summed E-state index contributed by atoms with van der Waals surface area (Å²) in [6.45, 7) is 0. The van der Waals surface area contributed by atoms with Gasteiger partial charge < -0.3 is 0 Å². The summed E-state index contributed by atoms with van der Waals surface area (Å²) in [6, 6.07) is 4.61. The van der Waals surface area contributed by atoms with E-state index in [1.165, 1.54) is 23.9 Å². The predicted octanol–water partition coefficient (Wildman–Crippen LogP) is 2.04. The molecule has 12 heavy (non-hydrogen) atoms. The lowest BCUT2D eigenvalue weighted by Gasteiger charge is -2.13. The number of carbonyl (C=O) groups excluding carboxylic acids is 1. The number of ketones is 1. The van der Waals surface area contributed by atoms with Crippen molar-refractivity contribution >= 4 is 17.5 Å². The minimum Gasteiger partial charge on any atom is -0.298 e. The molecular weight excluding hydrogens is 175 g/mol. The van der Waals surface area contributed by atoms with Crippen LogP contribution in [-0.2, 0) is 11.2 Å². The van der Waals surface area contributed by atoms with Crippen LogP contribution in [0.3, 0.4) is 0 Å². The lowest BCUT2D eigenvalue weighted by Crippen LogP contribution is -2.11. The van der Waals surface area contributed by atoms with Crippen molar-refractivity contribution in [1.29, 1.82) is 0 Å². The number of carbonyl (C=O) groups is 1. The summed E-state index contributed by atoms with van der Waals surface area (Å²) in [7, 11) is 0. The van der Waals surface area contributed by atoms with Crippen LogP contribution in [0.1, 0.15) is 5.56 Å². The first-order chi connectivity index (χ1) is 5.75. The summed E-state index contributed by atoms with van der Waals surface area (Å²) >= 11 is 1.49. The molecule has 1 heterocycles. The molecular formula is C9H7FOS. The van der Waals surface area contributed by atoms with Crippen LogP contribution in [-0.4, -0.2) is 11.5 Å². The van der Waals surface area contributed by atoms with Crippen LogP contribution in [0.15, 0.2) is 23.1 Å². The van der Waals surface area contributed by atoms with Gasteiger partial charge in [0, 0.05) is 11.3 Å². The molecule has 0 radical (unpaired) electrons. The Balaban J connectivity index is 2.44. The van der Waals surface area contributed by atoms with E-state index >= 15 is 0 Å². The quantitative estimate of drug-likeness (QED) is 0.610. The molecule has 0 fully saturated rings. The van der Waals surface area contributed by atoms with E-state index < -0.39 is 0 Å². The zero-order chi connectivity index (χ0) is 8.55. The monoisotopic (exact) mass is 182 g/mol. The zero-order valence-corrected chi connectivity index (χ0v) is 7.16. The molecule has 1 aromatic carbocycles. The summed E-state index contributed by atoms with van der Waals surface area (Å²) < 4.78 is 12.7. The number of fused-ring (bicyclic) bond motifs is 1. The van der Waals surface area contributed by atoms with Gasteiger partial charge in [-0.05, 0) is 23.8 Å². The van der Waals surface area contributed by atoms with E-state index in [2.05, 4.69) is 0 Å². The van der Waals surface area contributed by atoms with Crippen LogP contribution < -0.4 is 0 Å². The minimum absolute atomic E-state index is 0.179. The lowest BCUT2D eigenvalue weighted by atomic mass is 10.1. The second-order valence-electron chi connectivity index (χ2n) is 2.76. The third kappa shape index (κ3) is 1.37. The molecule has 0 aliphatic carbocycles. The maximum Gasteiger partial charge on any atom is 0.147 e. The first kappa shape index (κ1) is 7.80. The normalized spacial score (nSPS) is 15.9. The Kier molecular flexibility index (Phi) is 1.89. The van der Waals surface area contributed by atoms with Gasteiger partial charge in [-0.15, -0.1) is 11.8 Å². The first-order valence-corrected chi connectivity index (χ1v) is 4.67. The fraction of sp³-hybridized carbons (Fsp3) is 0.222. The molecule has 0 atom stereocenters. The number of benzene rings is 1. The smallest absolute Gasteiger partial charge is 0.147 e. The number of hydrogen-bond donors (Lipinski definition) is 0. The van der Waals surface area contributed by atoms with Crippen LogP contribution in [0, 0.1) is 5.82 Å². The molecule has 3 heteroatoms. The van der Waals surface area contributed by atoms with E-state index in [0.29, 0.717) is 12.2 Å². The largest absolute Gasteiger partial charge is 0.298 e. The molecule has 2 rings (SSSR count). The molecule has 0 amide bonds. The van der Waals surface area contributed by atoms with Crippen molar-refractivity contribution in [3.8, 4) is 0 Å². The fourth-order valence-electron chi connectivity index (χ4n) is 1.25. The van der Waals surface area contributed by atoms with Crippen molar-refractivity contribution in [2.45, 2.75) is 11.3 Å². The maximum absolute atomic E-state index is 12.7. The average molecular weight is 182 g/mol. The van der Waals surface area contributed by atoms with Gasteiger partial charge in [0.25, 0.3) is 0 Å². The molecule has 0 aromatic heterocycles. The lowest BCUT2D eigenvalue weighted by molar-refractivity contribution is -0.116. The number of thioether (sulfide) groups is 1. The van der Waals surface area contributed by atoms with Crippen LogP contribution in [0.4, 0.5) is 4.39 Å². The Morgan fingerprint density at radius 1 is 1.42 bits per heavy atom. The minimum atomic E-state index is -0.260. The Labute approximate surface area is 74.0 Å². The second kappa shape index (κ2) is 2.90.